The molecular weight excluding hydrogens is 237 g/mol. The van der Waals surface area contributed by atoms with Crippen molar-refractivity contribution >= 4 is 11.8 Å². The third-order valence-electron chi connectivity index (χ3n) is 2.43. The van der Waals surface area contributed by atoms with E-state index in [0.717, 1.165) is 18.8 Å². The minimum Gasteiger partial charge on any atom is -0.307 e. The monoisotopic (exact) mass is 256 g/mol. The van der Waals surface area contributed by atoms with Gasteiger partial charge in [-0.1, -0.05) is 0 Å². The van der Waals surface area contributed by atoms with E-state index in [1.54, 1.807) is 0 Å². The van der Waals surface area contributed by atoms with E-state index in [0.29, 0.717) is 13.1 Å². The number of hydrogen-bond donors (Lipinski definition) is 1. The van der Waals surface area contributed by atoms with Crippen LogP contribution < -0.4 is 5.32 Å². The van der Waals surface area contributed by atoms with Gasteiger partial charge in [0, 0.05) is 36.7 Å². The lowest BCUT2D eigenvalue weighted by atomic mass is 10.2. The summed E-state index contributed by atoms with van der Waals surface area (Å²) in [6, 6.07) is 0. The second-order valence-electron chi connectivity index (χ2n) is 4.68. The van der Waals surface area contributed by atoms with E-state index in [1.165, 1.54) is 0 Å². The summed E-state index contributed by atoms with van der Waals surface area (Å²) in [4.78, 5) is 2.22. The van der Waals surface area contributed by atoms with Crippen molar-refractivity contribution in [3.05, 3.63) is 0 Å². The summed E-state index contributed by atoms with van der Waals surface area (Å²) >= 11 is 1.93. The van der Waals surface area contributed by atoms with Crippen LogP contribution in [0.5, 0.6) is 0 Å². The Morgan fingerprint density at radius 1 is 1.38 bits per heavy atom. The summed E-state index contributed by atoms with van der Waals surface area (Å²) in [5.74, 6) is 1.06. The maximum Gasteiger partial charge on any atom is 0.401 e. The Morgan fingerprint density at radius 3 is 2.62 bits per heavy atom. The van der Waals surface area contributed by atoms with Crippen molar-refractivity contribution in [2.75, 3.05) is 38.5 Å². The van der Waals surface area contributed by atoms with Gasteiger partial charge in [-0.2, -0.15) is 24.9 Å². The first-order valence-corrected chi connectivity index (χ1v) is 6.41. The maximum absolute atomic E-state index is 11.9. The summed E-state index contributed by atoms with van der Waals surface area (Å²) in [5, 5.41) is 2.43. The Labute approximate surface area is 98.9 Å². The van der Waals surface area contributed by atoms with Gasteiger partial charge in [-0.25, -0.2) is 0 Å². The van der Waals surface area contributed by atoms with Gasteiger partial charge in [0.1, 0.15) is 0 Å². The quantitative estimate of drug-likeness (QED) is 0.774. The molecule has 0 aromatic carbocycles. The van der Waals surface area contributed by atoms with Crippen LogP contribution in [0.15, 0.2) is 0 Å². The van der Waals surface area contributed by atoms with Gasteiger partial charge < -0.3 is 5.32 Å². The van der Waals surface area contributed by atoms with E-state index in [-0.39, 0.29) is 4.75 Å². The molecule has 0 aliphatic carbocycles. The second-order valence-corrected chi connectivity index (χ2v) is 6.48. The second kappa shape index (κ2) is 5.60. The molecule has 0 aromatic rings. The van der Waals surface area contributed by atoms with Gasteiger partial charge >= 0.3 is 6.18 Å². The van der Waals surface area contributed by atoms with Crippen LogP contribution in [-0.2, 0) is 0 Å². The van der Waals surface area contributed by atoms with Gasteiger partial charge in [-0.05, 0) is 13.8 Å². The number of rotatable bonds is 4. The SMILES string of the molecule is CC1(C)CN(CCNCC(F)(F)F)CCS1. The number of hydrogen-bond acceptors (Lipinski definition) is 3. The molecule has 96 valence electrons. The molecule has 0 radical (unpaired) electrons. The molecule has 1 aliphatic heterocycles. The fourth-order valence-electron chi connectivity index (χ4n) is 1.77. The van der Waals surface area contributed by atoms with E-state index in [9.17, 15) is 13.2 Å². The van der Waals surface area contributed by atoms with E-state index in [1.807, 2.05) is 11.8 Å². The zero-order chi connectivity index (χ0) is 12.2. The first-order chi connectivity index (χ1) is 7.29. The molecule has 1 heterocycles. The smallest absolute Gasteiger partial charge is 0.307 e. The zero-order valence-electron chi connectivity index (χ0n) is 9.73. The molecule has 0 unspecified atom stereocenters. The highest BCUT2D eigenvalue weighted by atomic mass is 32.2. The summed E-state index contributed by atoms with van der Waals surface area (Å²) in [6.45, 7) is 6.48. The fraction of sp³-hybridized carbons (Fsp3) is 1.00. The predicted molar refractivity (Wildman–Crippen MR) is 61.9 cm³/mol. The van der Waals surface area contributed by atoms with Crippen LogP contribution in [0.3, 0.4) is 0 Å². The maximum atomic E-state index is 11.9. The Bertz CT molecular complexity index is 219. The largest absolute Gasteiger partial charge is 0.401 e. The van der Waals surface area contributed by atoms with Crippen LogP contribution >= 0.6 is 11.8 Å². The Morgan fingerprint density at radius 2 is 2.06 bits per heavy atom. The van der Waals surface area contributed by atoms with Gasteiger partial charge in [0.05, 0.1) is 6.54 Å². The minimum atomic E-state index is -4.10. The Kier molecular flexibility index (Phi) is 4.94. The van der Waals surface area contributed by atoms with Crippen molar-refractivity contribution in [2.24, 2.45) is 0 Å². The number of nitrogens with zero attached hydrogens (tertiary/aromatic N) is 1. The summed E-state index contributed by atoms with van der Waals surface area (Å²) in [5.41, 5.74) is 0. The molecule has 0 saturated carbocycles. The number of nitrogens with one attached hydrogen (secondary N) is 1. The predicted octanol–water partition coefficient (Wildman–Crippen LogP) is 1.97. The summed E-state index contributed by atoms with van der Waals surface area (Å²) in [6.07, 6.45) is -4.10. The van der Waals surface area contributed by atoms with Crippen LogP contribution in [0, 0.1) is 0 Å². The standard InChI is InChI=1S/C10H19F3N2S/c1-9(2)8-15(5-6-16-9)4-3-14-7-10(11,12)13/h14H,3-8H2,1-2H3. The lowest BCUT2D eigenvalue weighted by Crippen LogP contribution is -2.46. The van der Waals surface area contributed by atoms with E-state index >= 15 is 0 Å². The first kappa shape index (κ1) is 14.1. The van der Waals surface area contributed by atoms with Crippen LogP contribution in [0.2, 0.25) is 0 Å². The molecule has 1 aliphatic rings. The third kappa shape index (κ3) is 5.96. The summed E-state index contributed by atoms with van der Waals surface area (Å²) < 4.78 is 35.8. The van der Waals surface area contributed by atoms with Crippen molar-refractivity contribution in [1.82, 2.24) is 10.2 Å². The fourth-order valence-corrected chi connectivity index (χ4v) is 2.95. The number of alkyl halides is 3. The molecule has 0 atom stereocenters. The molecule has 0 spiro atoms. The average molecular weight is 256 g/mol. The van der Waals surface area contributed by atoms with Crippen LogP contribution in [0.25, 0.3) is 0 Å². The molecule has 1 rings (SSSR count). The van der Waals surface area contributed by atoms with E-state index in [2.05, 4.69) is 24.1 Å². The molecule has 1 N–H and O–H groups in total. The van der Waals surface area contributed by atoms with Crippen molar-refractivity contribution < 1.29 is 13.2 Å². The van der Waals surface area contributed by atoms with E-state index < -0.39 is 12.7 Å². The highest BCUT2D eigenvalue weighted by Gasteiger charge is 2.28. The van der Waals surface area contributed by atoms with Crippen molar-refractivity contribution in [3.63, 3.8) is 0 Å². The third-order valence-corrected chi connectivity index (χ3v) is 3.73. The van der Waals surface area contributed by atoms with E-state index in [4.69, 9.17) is 0 Å². The molecule has 0 amide bonds. The molecule has 1 fully saturated rings. The highest BCUT2D eigenvalue weighted by Crippen LogP contribution is 2.29. The molecule has 16 heavy (non-hydrogen) atoms. The van der Waals surface area contributed by atoms with Gasteiger partial charge in [0.15, 0.2) is 0 Å². The normalized spacial score (nSPS) is 22.3. The first-order valence-electron chi connectivity index (χ1n) is 5.42. The van der Waals surface area contributed by atoms with Crippen LogP contribution in [-0.4, -0.2) is 54.3 Å². The van der Waals surface area contributed by atoms with Gasteiger partial charge in [-0.15, -0.1) is 0 Å². The molecule has 2 nitrogen and oxygen atoms in total. The van der Waals surface area contributed by atoms with Crippen molar-refractivity contribution in [2.45, 2.75) is 24.8 Å². The number of halogens is 3. The molecule has 0 bridgehead atoms. The van der Waals surface area contributed by atoms with Gasteiger partial charge in [-0.3, -0.25) is 4.90 Å². The van der Waals surface area contributed by atoms with Crippen molar-refractivity contribution in [1.29, 1.82) is 0 Å². The lowest BCUT2D eigenvalue weighted by molar-refractivity contribution is -0.124. The Balaban J connectivity index is 2.13. The van der Waals surface area contributed by atoms with Crippen LogP contribution in [0.1, 0.15) is 13.8 Å². The van der Waals surface area contributed by atoms with Crippen molar-refractivity contribution in [3.8, 4) is 0 Å². The Hall–Kier alpha value is 0.0600. The lowest BCUT2D eigenvalue weighted by Gasteiger charge is -2.37. The molecule has 6 heteroatoms. The van der Waals surface area contributed by atoms with Crippen LogP contribution in [0.4, 0.5) is 13.2 Å². The van der Waals surface area contributed by atoms with Gasteiger partial charge in [0.2, 0.25) is 0 Å². The minimum absolute atomic E-state index is 0.224. The average Bonchev–Trinajstić information content (AvgIpc) is 2.09. The molecule has 1 saturated heterocycles. The number of thioether (sulfide) groups is 1. The zero-order valence-corrected chi connectivity index (χ0v) is 10.5. The van der Waals surface area contributed by atoms with Gasteiger partial charge in [0.25, 0.3) is 0 Å². The highest BCUT2D eigenvalue weighted by molar-refractivity contribution is 8.00. The molecule has 0 aromatic heterocycles. The molecular formula is C10H19F3N2S. The topological polar surface area (TPSA) is 15.3 Å². The summed E-state index contributed by atoms with van der Waals surface area (Å²) in [7, 11) is 0.